The molecule has 2 aromatic heterocycles. The Labute approximate surface area is 395 Å². The van der Waals surface area contributed by atoms with E-state index in [0.717, 1.165) is 78.4 Å². The SMILES string of the molecule is CCNC(=O)Nc1ccc(-c2nc3c(c(N4CCOC[C@@H]4C)n2)CCN(C(=O)ON(CC)C(=O)Nc2ccc(-c4nc5c(c(N6CCOCC6C)n4)CN(C4COC4)CC5)cc2)C3CC#N)cc1. The van der Waals surface area contributed by atoms with Crippen molar-refractivity contribution < 1.29 is 33.4 Å². The lowest BCUT2D eigenvalue weighted by Crippen LogP contribution is -2.51. The second-order valence-corrected chi connectivity index (χ2v) is 17.6. The molecule has 0 bridgehead atoms. The number of hydrogen-bond acceptors (Lipinski definition) is 15. The molecule has 358 valence electrons. The van der Waals surface area contributed by atoms with Gasteiger partial charge in [-0.1, -0.05) is 0 Å². The average molecular weight is 930 g/mol. The van der Waals surface area contributed by atoms with Crippen LogP contribution < -0.4 is 25.8 Å². The van der Waals surface area contributed by atoms with Gasteiger partial charge in [0.2, 0.25) is 0 Å². The zero-order chi connectivity index (χ0) is 47.3. The molecule has 20 nitrogen and oxygen atoms in total. The van der Waals surface area contributed by atoms with Crippen LogP contribution >= 0.6 is 0 Å². The monoisotopic (exact) mass is 929 g/mol. The molecule has 2 aromatic carbocycles. The normalized spacial score (nSPS) is 20.6. The van der Waals surface area contributed by atoms with Gasteiger partial charge in [-0.3, -0.25) is 9.80 Å². The van der Waals surface area contributed by atoms with E-state index in [-0.39, 0.29) is 37.6 Å². The third-order valence-electron chi connectivity index (χ3n) is 13.1. The Morgan fingerprint density at radius 1 is 0.765 bits per heavy atom. The van der Waals surface area contributed by atoms with Gasteiger partial charge in [0, 0.05) is 79.3 Å². The molecule has 2 unspecified atom stereocenters. The van der Waals surface area contributed by atoms with Crippen LogP contribution in [0.2, 0.25) is 0 Å². The summed E-state index contributed by atoms with van der Waals surface area (Å²) in [5.74, 6) is 2.68. The third kappa shape index (κ3) is 9.83. The summed E-state index contributed by atoms with van der Waals surface area (Å²) in [5, 5.41) is 19.5. The number of rotatable bonds is 10. The Balaban J connectivity index is 0.918. The van der Waals surface area contributed by atoms with Gasteiger partial charge in [0.1, 0.15) is 11.6 Å². The largest absolute Gasteiger partial charge is 0.435 e. The number of hydroxylamine groups is 2. The molecule has 68 heavy (non-hydrogen) atoms. The Morgan fingerprint density at radius 2 is 1.38 bits per heavy atom. The zero-order valence-electron chi connectivity index (χ0n) is 39.1. The minimum Gasteiger partial charge on any atom is -0.378 e. The summed E-state index contributed by atoms with van der Waals surface area (Å²) in [7, 11) is 0. The van der Waals surface area contributed by atoms with Crippen molar-refractivity contribution in [1.29, 1.82) is 5.26 Å². The number of urea groups is 2. The molecular weight excluding hydrogens is 871 g/mol. The van der Waals surface area contributed by atoms with E-state index in [9.17, 15) is 19.6 Å². The maximum absolute atomic E-state index is 14.2. The Kier molecular flexibility index (Phi) is 14.1. The van der Waals surface area contributed by atoms with E-state index in [1.807, 2.05) is 31.2 Å². The number of amides is 5. The van der Waals surface area contributed by atoms with Crippen molar-refractivity contribution in [2.45, 2.75) is 77.7 Å². The molecule has 4 aromatic rings. The van der Waals surface area contributed by atoms with Gasteiger partial charge in [0.25, 0.3) is 0 Å². The number of hydrogen-bond donors (Lipinski definition) is 3. The Hall–Kier alpha value is -6.66. The van der Waals surface area contributed by atoms with Crippen LogP contribution in [0.15, 0.2) is 48.5 Å². The van der Waals surface area contributed by atoms with Crippen LogP contribution in [-0.4, -0.2) is 150 Å². The molecule has 5 aliphatic heterocycles. The summed E-state index contributed by atoms with van der Waals surface area (Å²) in [6.07, 6.45) is 0.337. The van der Waals surface area contributed by atoms with Gasteiger partial charge in [-0.25, -0.2) is 34.3 Å². The van der Waals surface area contributed by atoms with Crippen molar-refractivity contribution in [3.63, 3.8) is 0 Å². The minimum absolute atomic E-state index is 0.0121. The summed E-state index contributed by atoms with van der Waals surface area (Å²) in [6.45, 7) is 15.3. The van der Waals surface area contributed by atoms with Gasteiger partial charge in [0.15, 0.2) is 11.6 Å². The second-order valence-electron chi connectivity index (χ2n) is 17.6. The lowest BCUT2D eigenvalue weighted by Gasteiger charge is -2.42. The maximum atomic E-state index is 14.2. The van der Waals surface area contributed by atoms with E-state index in [1.54, 1.807) is 31.2 Å². The highest BCUT2D eigenvalue weighted by Crippen LogP contribution is 2.39. The topological polar surface area (TPSA) is 216 Å². The standard InChI is InChI=1S/C48H59N13O7/c1-5-50-46(62)51-34-11-7-33(8-12-34)43-54-41-37(44(56-43)58-21-23-65-26-30(58)3)16-20-60(40(41)15-18-49)48(64)68-61(6-2)47(63)52-35-13-9-32(10-14-35)42-53-39-17-19-57(36-28-67-29-36)25-38(39)45(55-42)59-22-24-66-27-31(59)4/h7-14,30-31,36,40H,5-6,15-17,19-29H2,1-4H3,(H,52,63)(H2,50,51,62)/t30-,31?,40?/m0/s1. The van der Waals surface area contributed by atoms with Crippen molar-refractivity contribution >= 4 is 41.2 Å². The Bertz CT molecular complexity index is 2520. The lowest BCUT2D eigenvalue weighted by molar-refractivity contribution is -0.0709. The fraction of sp³-hybridized carbons (Fsp3) is 0.500. The van der Waals surface area contributed by atoms with Crippen LogP contribution in [0.1, 0.15) is 62.7 Å². The highest BCUT2D eigenvalue weighted by atomic mass is 16.7. The van der Waals surface area contributed by atoms with Crippen molar-refractivity contribution in [3.8, 4) is 28.8 Å². The first-order valence-electron chi connectivity index (χ1n) is 23.6. The van der Waals surface area contributed by atoms with Crippen LogP contribution in [0.3, 0.4) is 0 Å². The zero-order valence-corrected chi connectivity index (χ0v) is 39.1. The van der Waals surface area contributed by atoms with Gasteiger partial charge in [-0.05, 0) is 82.6 Å². The quantitative estimate of drug-likeness (QED) is 0.171. The number of carbonyl (C=O) groups is 3. The van der Waals surface area contributed by atoms with Crippen LogP contribution in [-0.2, 0) is 38.4 Å². The molecular formula is C48H59N13O7. The lowest BCUT2D eigenvalue weighted by atomic mass is 9.95. The number of benzene rings is 2. The summed E-state index contributed by atoms with van der Waals surface area (Å²) >= 11 is 0. The van der Waals surface area contributed by atoms with Crippen molar-refractivity contribution in [1.82, 2.24) is 40.1 Å². The first-order valence-corrected chi connectivity index (χ1v) is 23.6. The van der Waals surface area contributed by atoms with Crippen LogP contribution in [0.4, 0.5) is 37.4 Å². The van der Waals surface area contributed by atoms with Gasteiger partial charge in [-0.2, -0.15) is 10.3 Å². The number of nitrogens with one attached hydrogen (secondary N) is 3. The summed E-state index contributed by atoms with van der Waals surface area (Å²) in [5.41, 5.74) is 6.15. The molecule has 0 aliphatic carbocycles. The van der Waals surface area contributed by atoms with Crippen molar-refractivity contribution in [3.05, 3.63) is 71.0 Å². The van der Waals surface area contributed by atoms with E-state index in [2.05, 4.69) is 50.6 Å². The first kappa shape index (κ1) is 46.5. The van der Waals surface area contributed by atoms with Crippen LogP contribution in [0.25, 0.3) is 22.8 Å². The summed E-state index contributed by atoms with van der Waals surface area (Å²) in [4.78, 5) is 74.7. The number of fused-ring (bicyclic) bond motifs is 2. The minimum atomic E-state index is -0.796. The molecule has 20 heteroatoms. The van der Waals surface area contributed by atoms with Crippen LogP contribution in [0, 0.1) is 11.3 Å². The number of anilines is 4. The third-order valence-corrected chi connectivity index (χ3v) is 13.1. The van der Waals surface area contributed by atoms with Gasteiger partial charge in [-0.15, -0.1) is 0 Å². The van der Waals surface area contributed by atoms with E-state index < -0.39 is 18.2 Å². The summed E-state index contributed by atoms with van der Waals surface area (Å²) < 4.78 is 17.0. The van der Waals surface area contributed by atoms with Gasteiger partial charge in [0.05, 0.1) is 94.2 Å². The Morgan fingerprint density at radius 3 is 1.96 bits per heavy atom. The molecule has 9 rings (SSSR count). The smallest absolute Gasteiger partial charge is 0.378 e. The molecule has 7 heterocycles. The molecule has 0 saturated carbocycles. The fourth-order valence-electron chi connectivity index (χ4n) is 9.36. The first-order chi connectivity index (χ1) is 33.1. The van der Waals surface area contributed by atoms with E-state index >= 15 is 0 Å². The molecule has 3 atom stereocenters. The van der Waals surface area contributed by atoms with Gasteiger partial charge >= 0.3 is 18.2 Å². The number of nitriles is 1. The number of nitrogens with zero attached hydrogens (tertiary/aromatic N) is 10. The average Bonchev–Trinajstić information content (AvgIpc) is 3.33. The van der Waals surface area contributed by atoms with E-state index in [1.165, 1.54) is 4.90 Å². The number of ether oxygens (including phenoxy) is 3. The number of morpholine rings is 2. The second kappa shape index (κ2) is 20.7. The van der Waals surface area contributed by atoms with Crippen molar-refractivity contribution in [2.75, 3.05) is 99.3 Å². The predicted molar refractivity (Wildman–Crippen MR) is 253 cm³/mol. The molecule has 0 radical (unpaired) electrons. The summed E-state index contributed by atoms with van der Waals surface area (Å²) in [6, 6.07) is 15.6. The van der Waals surface area contributed by atoms with Gasteiger partial charge < -0.3 is 44.8 Å². The molecule has 3 fully saturated rings. The molecule has 5 aliphatic rings. The fourth-order valence-corrected chi connectivity index (χ4v) is 9.36. The predicted octanol–water partition coefficient (Wildman–Crippen LogP) is 5.37. The van der Waals surface area contributed by atoms with Crippen molar-refractivity contribution in [2.24, 2.45) is 0 Å². The molecule has 0 spiro atoms. The number of carbonyl (C=O) groups excluding carboxylic acids is 3. The molecule has 3 saturated heterocycles. The van der Waals surface area contributed by atoms with E-state index in [4.69, 9.17) is 39.0 Å². The van der Waals surface area contributed by atoms with Crippen LogP contribution in [0.5, 0.6) is 0 Å². The molecule has 3 N–H and O–H groups in total. The van der Waals surface area contributed by atoms with E-state index in [0.29, 0.717) is 86.3 Å². The number of aromatic nitrogens is 4. The molecule has 5 amide bonds. The highest BCUT2D eigenvalue weighted by Gasteiger charge is 2.39. The maximum Gasteiger partial charge on any atom is 0.435 e. The highest BCUT2D eigenvalue weighted by molar-refractivity contribution is 5.90.